The van der Waals surface area contributed by atoms with Gasteiger partial charge >= 0.3 is 0 Å². The van der Waals surface area contributed by atoms with Crippen LogP contribution in [0.15, 0.2) is 29.7 Å². The van der Waals surface area contributed by atoms with Crippen molar-refractivity contribution in [2.24, 2.45) is 5.16 Å². The standard InChI is InChI=1S/C14H16N6O2/c1-9-7-14(2,22-20-9)13(21)16-8-11-17-12(19-18-11)10-3-5-15-6-4-10/h3-6H,7-8H2,1-2H3,(H,16,21)(H,17,18,19)/t14-/m0/s1. The number of oxime groups is 1. The minimum Gasteiger partial charge on any atom is -0.379 e. The summed E-state index contributed by atoms with van der Waals surface area (Å²) < 4.78 is 0. The van der Waals surface area contributed by atoms with Crippen molar-refractivity contribution in [2.75, 3.05) is 0 Å². The molecule has 3 heterocycles. The number of H-pyrrole nitrogens is 1. The summed E-state index contributed by atoms with van der Waals surface area (Å²) in [5.41, 5.74) is 0.717. The number of hydrogen-bond donors (Lipinski definition) is 2. The summed E-state index contributed by atoms with van der Waals surface area (Å²) >= 11 is 0. The van der Waals surface area contributed by atoms with Gasteiger partial charge in [0.1, 0.15) is 5.82 Å². The summed E-state index contributed by atoms with van der Waals surface area (Å²) in [6, 6.07) is 3.64. The van der Waals surface area contributed by atoms with E-state index in [1.54, 1.807) is 19.3 Å². The average Bonchev–Trinajstić information content (AvgIpc) is 3.13. The van der Waals surface area contributed by atoms with Gasteiger partial charge < -0.3 is 10.2 Å². The van der Waals surface area contributed by atoms with Gasteiger partial charge in [0.2, 0.25) is 5.60 Å². The number of rotatable bonds is 4. The van der Waals surface area contributed by atoms with Crippen molar-refractivity contribution in [3.05, 3.63) is 30.4 Å². The number of pyridine rings is 1. The average molecular weight is 300 g/mol. The van der Waals surface area contributed by atoms with Crippen LogP contribution in [0.25, 0.3) is 11.4 Å². The van der Waals surface area contributed by atoms with Gasteiger partial charge in [-0.3, -0.25) is 14.9 Å². The van der Waals surface area contributed by atoms with Crippen molar-refractivity contribution in [3.8, 4) is 11.4 Å². The van der Waals surface area contributed by atoms with Crippen molar-refractivity contribution >= 4 is 11.6 Å². The Kier molecular flexibility index (Phi) is 3.58. The predicted octanol–water partition coefficient (Wildman–Crippen LogP) is 1.04. The number of amides is 1. The number of hydrogen-bond acceptors (Lipinski definition) is 6. The molecule has 8 nitrogen and oxygen atoms in total. The third-order valence-electron chi connectivity index (χ3n) is 3.36. The summed E-state index contributed by atoms with van der Waals surface area (Å²) in [4.78, 5) is 25.7. The second-order valence-corrected chi connectivity index (χ2v) is 5.35. The zero-order valence-corrected chi connectivity index (χ0v) is 12.3. The van der Waals surface area contributed by atoms with Crippen molar-refractivity contribution in [2.45, 2.75) is 32.4 Å². The monoisotopic (exact) mass is 300 g/mol. The van der Waals surface area contributed by atoms with E-state index in [1.807, 2.05) is 19.1 Å². The maximum atomic E-state index is 12.2. The van der Waals surface area contributed by atoms with Crippen molar-refractivity contribution < 1.29 is 9.63 Å². The maximum Gasteiger partial charge on any atom is 0.267 e. The normalized spacial score (nSPS) is 20.4. The number of carbonyl (C=O) groups is 1. The zero-order chi connectivity index (χ0) is 15.6. The SMILES string of the molecule is CC1=NO[C@](C)(C(=O)NCc2nc(-c3ccncc3)n[nH]2)C1. The van der Waals surface area contributed by atoms with Crippen LogP contribution < -0.4 is 5.32 Å². The third kappa shape index (κ3) is 2.80. The van der Waals surface area contributed by atoms with Crippen molar-refractivity contribution in [3.63, 3.8) is 0 Å². The van der Waals surface area contributed by atoms with Gasteiger partial charge in [-0.1, -0.05) is 5.16 Å². The Morgan fingerprint density at radius 3 is 2.91 bits per heavy atom. The van der Waals surface area contributed by atoms with E-state index in [9.17, 15) is 4.79 Å². The van der Waals surface area contributed by atoms with E-state index in [2.05, 4.69) is 30.6 Å². The van der Waals surface area contributed by atoms with Crippen molar-refractivity contribution in [1.29, 1.82) is 0 Å². The first-order valence-electron chi connectivity index (χ1n) is 6.88. The molecule has 0 bridgehead atoms. The lowest BCUT2D eigenvalue weighted by atomic mass is 9.99. The van der Waals surface area contributed by atoms with Gasteiger partial charge in [-0.05, 0) is 26.0 Å². The molecule has 22 heavy (non-hydrogen) atoms. The summed E-state index contributed by atoms with van der Waals surface area (Å²) in [7, 11) is 0. The van der Waals surface area contributed by atoms with E-state index in [1.165, 1.54) is 0 Å². The maximum absolute atomic E-state index is 12.2. The zero-order valence-electron chi connectivity index (χ0n) is 12.3. The first-order valence-corrected chi connectivity index (χ1v) is 6.88. The van der Waals surface area contributed by atoms with E-state index < -0.39 is 5.60 Å². The number of carbonyl (C=O) groups excluding carboxylic acids is 1. The molecule has 8 heteroatoms. The molecular weight excluding hydrogens is 284 g/mol. The lowest BCUT2D eigenvalue weighted by molar-refractivity contribution is -0.141. The second kappa shape index (κ2) is 5.55. The Bertz CT molecular complexity index is 711. The molecule has 1 aliphatic rings. The Morgan fingerprint density at radius 1 is 1.45 bits per heavy atom. The fourth-order valence-corrected chi connectivity index (χ4v) is 2.21. The molecule has 2 N–H and O–H groups in total. The molecule has 1 aliphatic heterocycles. The van der Waals surface area contributed by atoms with Crippen molar-refractivity contribution in [1.82, 2.24) is 25.5 Å². The fraction of sp³-hybridized carbons (Fsp3) is 0.357. The van der Waals surface area contributed by atoms with E-state index in [0.29, 0.717) is 18.1 Å². The molecule has 2 aromatic rings. The Hall–Kier alpha value is -2.77. The molecule has 0 spiro atoms. The minimum atomic E-state index is -0.946. The van der Waals surface area contributed by atoms with Gasteiger partial charge in [-0.2, -0.15) is 5.10 Å². The van der Waals surface area contributed by atoms with Gasteiger partial charge in [0.05, 0.1) is 12.3 Å². The first-order chi connectivity index (χ1) is 10.6. The van der Waals surface area contributed by atoms with Crippen LogP contribution in [-0.4, -0.2) is 37.4 Å². The van der Waals surface area contributed by atoms with E-state index in [0.717, 1.165) is 11.3 Å². The predicted molar refractivity (Wildman–Crippen MR) is 78.7 cm³/mol. The van der Waals surface area contributed by atoms with Gasteiger partial charge in [-0.15, -0.1) is 0 Å². The highest BCUT2D eigenvalue weighted by atomic mass is 16.7. The molecule has 0 unspecified atom stereocenters. The molecule has 0 aliphatic carbocycles. The van der Waals surface area contributed by atoms with Gasteiger partial charge in [0.15, 0.2) is 5.82 Å². The van der Waals surface area contributed by atoms with Crippen LogP contribution in [0, 0.1) is 0 Å². The molecule has 1 atom stereocenters. The Morgan fingerprint density at radius 2 is 2.23 bits per heavy atom. The number of aromatic amines is 1. The molecular formula is C14H16N6O2. The van der Waals surface area contributed by atoms with Gasteiger partial charge in [0.25, 0.3) is 5.91 Å². The van der Waals surface area contributed by atoms with E-state index in [-0.39, 0.29) is 12.5 Å². The molecule has 114 valence electrons. The first kappa shape index (κ1) is 14.2. The lowest BCUT2D eigenvalue weighted by Gasteiger charge is -2.19. The molecule has 0 aromatic carbocycles. The van der Waals surface area contributed by atoms with Crippen LogP contribution in [0.3, 0.4) is 0 Å². The lowest BCUT2D eigenvalue weighted by Crippen LogP contribution is -2.44. The summed E-state index contributed by atoms with van der Waals surface area (Å²) in [6.07, 6.45) is 3.83. The number of nitrogens with one attached hydrogen (secondary N) is 2. The van der Waals surface area contributed by atoms with Crippen LogP contribution in [0.4, 0.5) is 0 Å². The number of nitrogens with zero attached hydrogens (tertiary/aromatic N) is 4. The van der Waals surface area contributed by atoms with Crippen LogP contribution in [0.1, 0.15) is 26.1 Å². The summed E-state index contributed by atoms with van der Waals surface area (Å²) in [5, 5.41) is 13.5. The molecule has 1 amide bonds. The molecule has 0 saturated carbocycles. The highest BCUT2D eigenvalue weighted by Gasteiger charge is 2.40. The molecule has 0 radical (unpaired) electrons. The molecule has 0 fully saturated rings. The van der Waals surface area contributed by atoms with Crippen LogP contribution in [0.2, 0.25) is 0 Å². The summed E-state index contributed by atoms with van der Waals surface area (Å²) in [5.74, 6) is 0.906. The minimum absolute atomic E-state index is 0.227. The Balaban J connectivity index is 1.61. The molecule has 0 saturated heterocycles. The van der Waals surface area contributed by atoms with Crippen LogP contribution in [0.5, 0.6) is 0 Å². The quantitative estimate of drug-likeness (QED) is 0.877. The third-order valence-corrected chi connectivity index (χ3v) is 3.36. The largest absolute Gasteiger partial charge is 0.379 e. The Labute approximate surface area is 127 Å². The van der Waals surface area contributed by atoms with Gasteiger partial charge in [0, 0.05) is 24.4 Å². The second-order valence-electron chi connectivity index (χ2n) is 5.35. The topological polar surface area (TPSA) is 105 Å². The van der Waals surface area contributed by atoms with E-state index >= 15 is 0 Å². The molecule has 3 rings (SSSR count). The van der Waals surface area contributed by atoms with Gasteiger partial charge in [-0.25, -0.2) is 4.98 Å². The highest BCUT2D eigenvalue weighted by molar-refractivity contribution is 5.94. The molecule has 2 aromatic heterocycles. The fourth-order valence-electron chi connectivity index (χ4n) is 2.21. The van der Waals surface area contributed by atoms with Crippen LogP contribution >= 0.6 is 0 Å². The smallest absolute Gasteiger partial charge is 0.267 e. The summed E-state index contributed by atoms with van der Waals surface area (Å²) in [6.45, 7) is 3.79. The van der Waals surface area contributed by atoms with E-state index in [4.69, 9.17) is 4.84 Å². The number of aromatic nitrogens is 4. The highest BCUT2D eigenvalue weighted by Crippen LogP contribution is 2.23. The van der Waals surface area contributed by atoms with Crippen LogP contribution in [-0.2, 0) is 16.2 Å².